The second kappa shape index (κ2) is 11.2. The highest BCUT2D eigenvalue weighted by Gasteiger charge is 2.34. The van der Waals surface area contributed by atoms with Gasteiger partial charge in [0.1, 0.15) is 22.3 Å². The van der Waals surface area contributed by atoms with E-state index in [0.717, 1.165) is 31.4 Å². The lowest BCUT2D eigenvalue weighted by molar-refractivity contribution is -0.150. The van der Waals surface area contributed by atoms with E-state index in [-0.39, 0.29) is 6.42 Å². The summed E-state index contributed by atoms with van der Waals surface area (Å²) in [6.07, 6.45) is 3.56. The van der Waals surface area contributed by atoms with Crippen molar-refractivity contribution in [1.82, 2.24) is 10.0 Å². The van der Waals surface area contributed by atoms with Crippen molar-refractivity contribution < 1.29 is 27.1 Å². The highest BCUT2D eigenvalue weighted by Crippen LogP contribution is 2.27. The number of esters is 1. The largest absolute Gasteiger partial charge is 0.454 e. The van der Waals surface area contributed by atoms with Crippen molar-refractivity contribution in [2.45, 2.75) is 55.0 Å². The van der Waals surface area contributed by atoms with Crippen molar-refractivity contribution >= 4 is 21.9 Å². The molecule has 180 valence electrons. The predicted octanol–water partition coefficient (Wildman–Crippen LogP) is 2.60. The summed E-state index contributed by atoms with van der Waals surface area (Å²) in [7, 11) is -4.40. The van der Waals surface area contributed by atoms with E-state index >= 15 is 0 Å². The molecule has 1 amide bonds. The summed E-state index contributed by atoms with van der Waals surface area (Å²) < 4.78 is 46.9. The summed E-state index contributed by atoms with van der Waals surface area (Å²) in [6, 6.07) is 14.2. The minimum absolute atomic E-state index is 0.0723. The van der Waals surface area contributed by atoms with E-state index in [1.807, 2.05) is 0 Å². The minimum atomic E-state index is -4.40. The molecule has 0 aromatic heterocycles. The van der Waals surface area contributed by atoms with Crippen LogP contribution in [0.15, 0.2) is 59.5 Å². The fourth-order valence-corrected chi connectivity index (χ4v) is 5.16. The molecule has 3 rings (SSSR count). The molecular weight excluding hydrogens is 461 g/mol. The van der Waals surface area contributed by atoms with E-state index in [1.165, 1.54) is 12.1 Å². The van der Waals surface area contributed by atoms with Gasteiger partial charge in [-0.2, -0.15) is 9.98 Å². The number of carbonyl (C=O) groups excluding carboxylic acids is 2. The first kappa shape index (κ1) is 25.3. The number of nitrogens with zero attached hydrogens (tertiary/aromatic N) is 1. The Balaban J connectivity index is 1.71. The quantitative estimate of drug-likeness (QED) is 0.524. The van der Waals surface area contributed by atoms with E-state index in [9.17, 15) is 27.7 Å². The SMILES string of the molecule is N#CC1(NC(=O)COC(=O)[C@H](Cc2ccccc2)NS(=O)(=O)c2ccccc2F)CCCCC1. The maximum absolute atomic E-state index is 14.1. The lowest BCUT2D eigenvalue weighted by Gasteiger charge is -2.31. The van der Waals surface area contributed by atoms with Crippen molar-refractivity contribution in [3.63, 3.8) is 0 Å². The fourth-order valence-electron chi connectivity index (χ4n) is 3.90. The van der Waals surface area contributed by atoms with Crippen molar-refractivity contribution in [3.8, 4) is 6.07 Å². The highest BCUT2D eigenvalue weighted by atomic mass is 32.2. The molecule has 8 nitrogen and oxygen atoms in total. The predicted molar refractivity (Wildman–Crippen MR) is 121 cm³/mol. The van der Waals surface area contributed by atoms with Gasteiger partial charge in [-0.1, -0.05) is 61.7 Å². The van der Waals surface area contributed by atoms with E-state index in [2.05, 4.69) is 16.1 Å². The molecule has 1 fully saturated rings. The minimum Gasteiger partial charge on any atom is -0.454 e. The molecule has 1 aliphatic rings. The molecule has 1 atom stereocenters. The second-order valence-electron chi connectivity index (χ2n) is 8.20. The lowest BCUT2D eigenvalue weighted by Crippen LogP contribution is -2.50. The van der Waals surface area contributed by atoms with Gasteiger partial charge in [-0.15, -0.1) is 0 Å². The normalized spacial score (nSPS) is 16.1. The molecule has 2 N–H and O–H groups in total. The third-order valence-corrected chi connectivity index (χ3v) is 7.14. The molecule has 0 saturated heterocycles. The molecule has 1 saturated carbocycles. The fraction of sp³-hybridized carbons (Fsp3) is 0.375. The van der Waals surface area contributed by atoms with Crippen molar-refractivity contribution in [3.05, 3.63) is 66.0 Å². The molecule has 34 heavy (non-hydrogen) atoms. The first-order valence-electron chi connectivity index (χ1n) is 10.9. The zero-order chi connectivity index (χ0) is 24.6. The van der Waals surface area contributed by atoms with Crippen LogP contribution < -0.4 is 10.0 Å². The van der Waals surface area contributed by atoms with Crippen LogP contribution in [0.3, 0.4) is 0 Å². The molecule has 0 heterocycles. The summed E-state index contributed by atoms with van der Waals surface area (Å²) in [6.45, 7) is -0.672. The van der Waals surface area contributed by atoms with Gasteiger partial charge in [0.05, 0.1) is 6.07 Å². The van der Waals surface area contributed by atoms with Crippen molar-refractivity contribution in [2.75, 3.05) is 6.61 Å². The highest BCUT2D eigenvalue weighted by molar-refractivity contribution is 7.89. The van der Waals surface area contributed by atoms with Gasteiger partial charge in [0.2, 0.25) is 10.0 Å². The Kier molecular flexibility index (Phi) is 8.36. The Morgan fingerprint density at radius 1 is 1.06 bits per heavy atom. The van der Waals surface area contributed by atoms with Crippen LogP contribution in [-0.4, -0.2) is 38.5 Å². The number of carbonyl (C=O) groups is 2. The van der Waals surface area contributed by atoms with Gasteiger partial charge in [0.25, 0.3) is 5.91 Å². The molecule has 2 aromatic rings. The molecule has 0 unspecified atom stereocenters. The standard InChI is InChI=1S/C24H26FN3O5S/c25-19-11-5-6-12-21(19)34(31,32)28-20(15-18-9-3-1-4-10-18)23(30)33-16-22(29)27-24(17-26)13-7-2-8-14-24/h1,3-6,9-12,20,28H,2,7-8,13-16H2,(H,27,29)/t20-/m0/s1. The Morgan fingerprint density at radius 2 is 1.71 bits per heavy atom. The summed E-state index contributed by atoms with van der Waals surface area (Å²) in [5, 5.41) is 12.1. The lowest BCUT2D eigenvalue weighted by atomic mass is 9.83. The Hall–Kier alpha value is -3.29. The number of amides is 1. The van der Waals surface area contributed by atoms with Gasteiger partial charge in [-0.25, -0.2) is 12.8 Å². The van der Waals surface area contributed by atoms with Crippen LogP contribution >= 0.6 is 0 Å². The maximum Gasteiger partial charge on any atom is 0.325 e. The van der Waals surface area contributed by atoms with Crippen LogP contribution in [-0.2, 0) is 30.8 Å². The second-order valence-corrected chi connectivity index (χ2v) is 9.89. The monoisotopic (exact) mass is 487 g/mol. The molecule has 0 bridgehead atoms. The van der Waals surface area contributed by atoms with Crippen LogP contribution in [0.1, 0.15) is 37.7 Å². The number of benzene rings is 2. The maximum atomic E-state index is 14.1. The number of hydrogen-bond acceptors (Lipinski definition) is 6. The van der Waals surface area contributed by atoms with E-state index in [0.29, 0.717) is 18.4 Å². The molecule has 0 spiro atoms. The Morgan fingerprint density at radius 3 is 2.35 bits per heavy atom. The summed E-state index contributed by atoms with van der Waals surface area (Å²) in [4.78, 5) is 24.6. The van der Waals surface area contributed by atoms with Crippen LogP contribution in [0.5, 0.6) is 0 Å². The summed E-state index contributed by atoms with van der Waals surface area (Å²) in [5.74, 6) is -2.60. The number of sulfonamides is 1. The molecule has 0 aliphatic heterocycles. The van der Waals surface area contributed by atoms with Gasteiger partial charge in [0.15, 0.2) is 6.61 Å². The number of nitriles is 1. The average molecular weight is 488 g/mol. The number of nitrogens with one attached hydrogen (secondary N) is 2. The van der Waals surface area contributed by atoms with Gasteiger partial charge in [0, 0.05) is 0 Å². The van der Waals surface area contributed by atoms with Crippen LogP contribution in [0.2, 0.25) is 0 Å². The third-order valence-electron chi connectivity index (χ3n) is 5.64. The molecule has 2 aromatic carbocycles. The zero-order valence-electron chi connectivity index (χ0n) is 18.5. The van der Waals surface area contributed by atoms with E-state index in [1.54, 1.807) is 30.3 Å². The van der Waals surface area contributed by atoms with Crippen LogP contribution in [0.25, 0.3) is 0 Å². The molecule has 10 heteroatoms. The third kappa shape index (κ3) is 6.62. The smallest absolute Gasteiger partial charge is 0.325 e. The van der Waals surface area contributed by atoms with Gasteiger partial charge >= 0.3 is 5.97 Å². The molecule has 0 radical (unpaired) electrons. The first-order valence-corrected chi connectivity index (χ1v) is 12.4. The molecular formula is C24H26FN3O5S. The van der Waals surface area contributed by atoms with Crippen molar-refractivity contribution in [2.24, 2.45) is 0 Å². The van der Waals surface area contributed by atoms with Crippen molar-refractivity contribution in [1.29, 1.82) is 5.26 Å². The topological polar surface area (TPSA) is 125 Å². The van der Waals surface area contributed by atoms with Gasteiger partial charge < -0.3 is 10.1 Å². The number of halogens is 1. The summed E-state index contributed by atoms with van der Waals surface area (Å²) in [5.41, 5.74) is -0.354. The van der Waals surface area contributed by atoms with Gasteiger partial charge in [-0.3, -0.25) is 9.59 Å². The molecule has 1 aliphatic carbocycles. The van der Waals surface area contributed by atoms with E-state index in [4.69, 9.17) is 4.74 Å². The first-order chi connectivity index (χ1) is 16.2. The zero-order valence-corrected chi connectivity index (χ0v) is 19.3. The van der Waals surface area contributed by atoms with Crippen LogP contribution in [0, 0.1) is 17.1 Å². The van der Waals surface area contributed by atoms with Crippen LogP contribution in [0.4, 0.5) is 4.39 Å². The Bertz CT molecular complexity index is 1160. The average Bonchev–Trinajstić information content (AvgIpc) is 2.83. The van der Waals surface area contributed by atoms with E-state index < -0.39 is 50.8 Å². The van der Waals surface area contributed by atoms with Gasteiger partial charge in [-0.05, 0) is 37.0 Å². The number of rotatable bonds is 9. The number of ether oxygens (including phenoxy) is 1. The number of hydrogen-bond donors (Lipinski definition) is 2. The summed E-state index contributed by atoms with van der Waals surface area (Å²) >= 11 is 0. The Labute approximate surface area is 198 Å².